The predicted molar refractivity (Wildman–Crippen MR) is 89.2 cm³/mol. The maximum Gasteiger partial charge on any atom is 0.308 e. The van der Waals surface area contributed by atoms with Crippen LogP contribution in [0.15, 0.2) is 10.9 Å². The number of carbonyl (C=O) groups is 2. The Bertz CT molecular complexity index is 724. The van der Waals surface area contributed by atoms with Gasteiger partial charge < -0.3 is 15.4 Å². The van der Waals surface area contributed by atoms with Crippen molar-refractivity contribution in [3.05, 3.63) is 33.2 Å². The van der Waals surface area contributed by atoms with Crippen LogP contribution in [-0.4, -0.2) is 27.5 Å². The Morgan fingerprint density at radius 3 is 2.75 bits per heavy atom. The van der Waals surface area contributed by atoms with E-state index in [0.29, 0.717) is 12.8 Å². The van der Waals surface area contributed by atoms with Crippen molar-refractivity contribution in [1.82, 2.24) is 10.3 Å². The van der Waals surface area contributed by atoms with Crippen molar-refractivity contribution >= 4 is 11.9 Å². The number of aromatic amines is 1. The number of aromatic nitrogens is 1. The lowest BCUT2D eigenvalue weighted by molar-refractivity contribution is -0.145. The molecule has 2 atom stereocenters. The highest BCUT2D eigenvalue weighted by molar-refractivity contribution is 5.95. The summed E-state index contributed by atoms with van der Waals surface area (Å²) in [5.41, 5.74) is 0.833. The molecule has 6 nitrogen and oxygen atoms in total. The molecule has 3 rings (SSSR count). The predicted octanol–water partition coefficient (Wildman–Crippen LogP) is 2.02. The van der Waals surface area contributed by atoms with Gasteiger partial charge in [-0.05, 0) is 57.1 Å². The number of fused-ring (bicyclic) bond motifs is 1. The Balaban J connectivity index is 1.86. The standard InChI is InChI=1S/C18H24N2O4/c1-18(9-5-4-7-13(18)17(23)24)20-16(22)12-10-11-6-2-3-8-14(11)19-15(12)21/h10,13H,2-9H2,1H3,(H,19,21)(H,20,22)(H,23,24). The minimum atomic E-state index is -0.892. The van der Waals surface area contributed by atoms with E-state index in [0.717, 1.165) is 49.8 Å². The molecule has 1 aromatic rings. The summed E-state index contributed by atoms with van der Waals surface area (Å²) in [4.78, 5) is 39.3. The van der Waals surface area contributed by atoms with Gasteiger partial charge in [0.15, 0.2) is 0 Å². The zero-order valence-electron chi connectivity index (χ0n) is 14.0. The van der Waals surface area contributed by atoms with E-state index < -0.39 is 23.3 Å². The van der Waals surface area contributed by atoms with Crippen molar-refractivity contribution < 1.29 is 14.7 Å². The van der Waals surface area contributed by atoms with E-state index in [1.165, 1.54) is 0 Å². The van der Waals surface area contributed by atoms with Gasteiger partial charge in [-0.2, -0.15) is 0 Å². The van der Waals surface area contributed by atoms with Crippen molar-refractivity contribution in [3.8, 4) is 0 Å². The quantitative estimate of drug-likeness (QED) is 0.788. The first-order chi connectivity index (χ1) is 11.4. The molecule has 130 valence electrons. The maximum atomic E-state index is 12.7. The third kappa shape index (κ3) is 3.09. The normalized spacial score (nSPS) is 26.5. The Morgan fingerprint density at radius 1 is 1.25 bits per heavy atom. The number of hydrogen-bond acceptors (Lipinski definition) is 3. The fourth-order valence-corrected chi connectivity index (χ4v) is 4.05. The lowest BCUT2D eigenvalue weighted by atomic mass is 9.73. The van der Waals surface area contributed by atoms with E-state index in [4.69, 9.17) is 0 Å². The van der Waals surface area contributed by atoms with Crippen LogP contribution in [0.25, 0.3) is 0 Å². The van der Waals surface area contributed by atoms with Crippen LogP contribution >= 0.6 is 0 Å². The number of pyridine rings is 1. The van der Waals surface area contributed by atoms with Crippen LogP contribution in [0.4, 0.5) is 0 Å². The molecular formula is C18H24N2O4. The van der Waals surface area contributed by atoms with Crippen molar-refractivity contribution in [1.29, 1.82) is 0 Å². The monoisotopic (exact) mass is 332 g/mol. The molecule has 1 heterocycles. The number of H-pyrrole nitrogens is 1. The average molecular weight is 332 g/mol. The molecule has 0 radical (unpaired) electrons. The topological polar surface area (TPSA) is 99.3 Å². The summed E-state index contributed by atoms with van der Waals surface area (Å²) >= 11 is 0. The number of rotatable bonds is 3. The van der Waals surface area contributed by atoms with E-state index in [1.807, 2.05) is 0 Å². The first-order valence-electron chi connectivity index (χ1n) is 8.71. The Hall–Kier alpha value is -2.11. The molecule has 0 spiro atoms. The summed E-state index contributed by atoms with van der Waals surface area (Å²) in [6.45, 7) is 1.77. The molecule has 0 bridgehead atoms. The van der Waals surface area contributed by atoms with E-state index in [2.05, 4.69) is 10.3 Å². The molecule has 1 aromatic heterocycles. The highest BCUT2D eigenvalue weighted by Crippen LogP contribution is 2.34. The van der Waals surface area contributed by atoms with Gasteiger partial charge in [-0.25, -0.2) is 0 Å². The lowest BCUT2D eigenvalue weighted by Crippen LogP contribution is -2.56. The van der Waals surface area contributed by atoms with Gasteiger partial charge in [0, 0.05) is 5.69 Å². The van der Waals surface area contributed by atoms with E-state index >= 15 is 0 Å². The molecule has 2 unspecified atom stereocenters. The van der Waals surface area contributed by atoms with E-state index in [-0.39, 0.29) is 11.1 Å². The Morgan fingerprint density at radius 2 is 2.00 bits per heavy atom. The molecule has 3 N–H and O–H groups in total. The van der Waals surface area contributed by atoms with Gasteiger partial charge in [0.1, 0.15) is 5.56 Å². The van der Waals surface area contributed by atoms with Gasteiger partial charge in [0.05, 0.1) is 11.5 Å². The first-order valence-corrected chi connectivity index (χ1v) is 8.71. The van der Waals surface area contributed by atoms with Crippen LogP contribution in [0.1, 0.15) is 67.1 Å². The SMILES string of the molecule is CC1(NC(=O)c2cc3c([nH]c2=O)CCCC3)CCCCC1C(=O)O. The van der Waals surface area contributed by atoms with Gasteiger partial charge in [-0.3, -0.25) is 14.4 Å². The molecule has 1 saturated carbocycles. The second-order valence-corrected chi connectivity index (χ2v) is 7.23. The highest BCUT2D eigenvalue weighted by Gasteiger charge is 2.42. The third-order valence-electron chi connectivity index (χ3n) is 5.49. The second kappa shape index (κ2) is 6.42. The Labute approximate surface area is 140 Å². The zero-order valence-corrected chi connectivity index (χ0v) is 14.0. The van der Waals surface area contributed by atoms with Gasteiger partial charge in [0.2, 0.25) is 0 Å². The molecule has 1 fully saturated rings. The number of aliphatic carboxylic acids is 1. The van der Waals surface area contributed by atoms with Gasteiger partial charge >= 0.3 is 5.97 Å². The first kappa shape index (κ1) is 16.7. The summed E-state index contributed by atoms with van der Waals surface area (Å²) in [6.07, 6.45) is 6.69. The summed E-state index contributed by atoms with van der Waals surface area (Å²) in [5.74, 6) is -1.98. The van der Waals surface area contributed by atoms with E-state index in [9.17, 15) is 19.5 Å². The number of amides is 1. The number of carboxylic acid groups (broad SMARTS) is 1. The average Bonchev–Trinajstić information content (AvgIpc) is 2.53. The van der Waals surface area contributed by atoms with Gasteiger partial charge in [0.25, 0.3) is 11.5 Å². The van der Waals surface area contributed by atoms with Crippen LogP contribution in [0.5, 0.6) is 0 Å². The Kier molecular flexibility index (Phi) is 4.47. The molecular weight excluding hydrogens is 308 g/mol. The lowest BCUT2D eigenvalue weighted by Gasteiger charge is -2.39. The molecule has 0 aromatic carbocycles. The summed E-state index contributed by atoms with van der Waals surface area (Å²) in [7, 11) is 0. The minimum Gasteiger partial charge on any atom is -0.481 e. The number of nitrogens with one attached hydrogen (secondary N) is 2. The molecule has 2 aliphatic carbocycles. The highest BCUT2D eigenvalue weighted by atomic mass is 16.4. The molecule has 6 heteroatoms. The van der Waals surface area contributed by atoms with Crippen LogP contribution in [0.2, 0.25) is 0 Å². The largest absolute Gasteiger partial charge is 0.481 e. The number of carbonyl (C=O) groups excluding carboxylic acids is 1. The molecule has 24 heavy (non-hydrogen) atoms. The van der Waals surface area contributed by atoms with E-state index in [1.54, 1.807) is 13.0 Å². The summed E-state index contributed by atoms with van der Waals surface area (Å²) in [6, 6.07) is 1.69. The van der Waals surface area contributed by atoms with Crippen molar-refractivity contribution in [3.63, 3.8) is 0 Å². The van der Waals surface area contributed by atoms with Crippen molar-refractivity contribution in [2.24, 2.45) is 5.92 Å². The molecule has 1 amide bonds. The third-order valence-corrected chi connectivity index (χ3v) is 5.49. The minimum absolute atomic E-state index is 0.0894. The van der Waals surface area contributed by atoms with Crippen LogP contribution in [-0.2, 0) is 17.6 Å². The van der Waals surface area contributed by atoms with Gasteiger partial charge in [-0.15, -0.1) is 0 Å². The molecule has 2 aliphatic rings. The second-order valence-electron chi connectivity index (χ2n) is 7.23. The van der Waals surface area contributed by atoms with Crippen LogP contribution < -0.4 is 10.9 Å². The van der Waals surface area contributed by atoms with Crippen LogP contribution in [0.3, 0.4) is 0 Å². The molecule has 0 saturated heterocycles. The maximum absolute atomic E-state index is 12.7. The van der Waals surface area contributed by atoms with Crippen molar-refractivity contribution in [2.45, 2.75) is 63.8 Å². The molecule has 0 aliphatic heterocycles. The fourth-order valence-electron chi connectivity index (χ4n) is 4.05. The smallest absolute Gasteiger partial charge is 0.308 e. The fraction of sp³-hybridized carbons (Fsp3) is 0.611. The van der Waals surface area contributed by atoms with Gasteiger partial charge in [-0.1, -0.05) is 12.8 Å². The zero-order chi connectivity index (χ0) is 17.3. The van der Waals surface area contributed by atoms with Crippen molar-refractivity contribution in [2.75, 3.05) is 0 Å². The number of aryl methyl sites for hydroxylation is 2. The summed E-state index contributed by atoms with van der Waals surface area (Å²) in [5, 5.41) is 12.3. The number of hydrogen-bond donors (Lipinski definition) is 3. The number of carboxylic acids is 1. The van der Waals surface area contributed by atoms with Crippen LogP contribution in [0, 0.1) is 5.92 Å². The summed E-state index contributed by atoms with van der Waals surface area (Å²) < 4.78 is 0.